The van der Waals surface area contributed by atoms with E-state index in [0.717, 1.165) is 18.5 Å². The largest absolute Gasteiger partial charge is 0.334 e. The second-order valence-electron chi connectivity index (χ2n) is 3.74. The maximum absolute atomic E-state index is 11.7. The molecule has 2 rings (SSSR count). The number of nitrogens with zero attached hydrogens (tertiary/aromatic N) is 2. The summed E-state index contributed by atoms with van der Waals surface area (Å²) in [5, 5.41) is 1.28. The molecule has 1 aliphatic rings. The minimum atomic E-state index is -0.0786. The summed E-state index contributed by atoms with van der Waals surface area (Å²) in [4.78, 5) is 13.4. The molecule has 0 spiro atoms. The molecule has 0 saturated carbocycles. The van der Waals surface area contributed by atoms with Gasteiger partial charge in [-0.25, -0.2) is 10.6 Å². The second-order valence-corrected chi connectivity index (χ2v) is 3.74. The van der Waals surface area contributed by atoms with E-state index in [-0.39, 0.29) is 6.03 Å². The van der Waals surface area contributed by atoms with Gasteiger partial charge in [0, 0.05) is 19.6 Å². The first-order valence-corrected chi connectivity index (χ1v) is 5.12. The van der Waals surface area contributed by atoms with Crippen molar-refractivity contribution in [1.82, 2.24) is 9.91 Å². The lowest BCUT2D eigenvalue weighted by atomic mass is 10.2. The van der Waals surface area contributed by atoms with Crippen LogP contribution in [0.4, 0.5) is 4.79 Å². The van der Waals surface area contributed by atoms with E-state index in [2.05, 4.69) is 0 Å². The highest BCUT2D eigenvalue weighted by Crippen LogP contribution is 2.10. The quantitative estimate of drug-likeness (QED) is 0.582. The minimum absolute atomic E-state index is 0.0786. The SMILES string of the molecule is NN1CCCN(Cc2ccccc2)C1=O. The highest BCUT2D eigenvalue weighted by molar-refractivity contribution is 5.74. The van der Waals surface area contributed by atoms with Gasteiger partial charge in [-0.05, 0) is 12.0 Å². The lowest BCUT2D eigenvalue weighted by molar-refractivity contribution is 0.127. The number of benzene rings is 1. The average Bonchev–Trinajstić information content (AvgIpc) is 2.26. The molecule has 0 bridgehead atoms. The zero-order valence-electron chi connectivity index (χ0n) is 8.60. The first-order chi connectivity index (χ1) is 7.27. The molecule has 2 amide bonds. The van der Waals surface area contributed by atoms with E-state index in [1.54, 1.807) is 4.90 Å². The van der Waals surface area contributed by atoms with E-state index in [4.69, 9.17) is 5.84 Å². The molecular weight excluding hydrogens is 190 g/mol. The van der Waals surface area contributed by atoms with Crippen LogP contribution in [0.1, 0.15) is 12.0 Å². The molecule has 1 fully saturated rings. The normalized spacial score (nSPS) is 17.0. The smallest absolute Gasteiger partial charge is 0.319 e. The van der Waals surface area contributed by atoms with Crippen LogP contribution in [0.25, 0.3) is 0 Å². The number of urea groups is 1. The fourth-order valence-electron chi connectivity index (χ4n) is 1.76. The minimum Gasteiger partial charge on any atom is -0.319 e. The molecule has 0 aromatic heterocycles. The number of hydrogen-bond acceptors (Lipinski definition) is 2. The van der Waals surface area contributed by atoms with Crippen LogP contribution in [0.5, 0.6) is 0 Å². The van der Waals surface area contributed by atoms with E-state index in [1.165, 1.54) is 5.01 Å². The number of amides is 2. The van der Waals surface area contributed by atoms with E-state index < -0.39 is 0 Å². The maximum Gasteiger partial charge on any atom is 0.334 e. The standard InChI is InChI=1S/C11H15N3O/c12-14-8-4-7-13(11(14)15)9-10-5-2-1-3-6-10/h1-3,5-6H,4,7-9,12H2. The molecule has 0 aliphatic carbocycles. The van der Waals surface area contributed by atoms with Crippen molar-refractivity contribution in [1.29, 1.82) is 0 Å². The maximum atomic E-state index is 11.7. The lowest BCUT2D eigenvalue weighted by Crippen LogP contribution is -2.51. The van der Waals surface area contributed by atoms with Crippen molar-refractivity contribution in [2.75, 3.05) is 13.1 Å². The molecule has 0 atom stereocenters. The van der Waals surface area contributed by atoms with Crippen molar-refractivity contribution in [3.63, 3.8) is 0 Å². The number of nitrogens with two attached hydrogens (primary N) is 1. The first-order valence-electron chi connectivity index (χ1n) is 5.12. The third-order valence-electron chi connectivity index (χ3n) is 2.56. The van der Waals surface area contributed by atoms with Gasteiger partial charge in [0.15, 0.2) is 0 Å². The van der Waals surface area contributed by atoms with Gasteiger partial charge >= 0.3 is 6.03 Å². The molecule has 80 valence electrons. The van der Waals surface area contributed by atoms with Crippen molar-refractivity contribution in [2.45, 2.75) is 13.0 Å². The highest BCUT2D eigenvalue weighted by Gasteiger charge is 2.22. The molecule has 4 heteroatoms. The monoisotopic (exact) mass is 205 g/mol. The van der Waals surface area contributed by atoms with E-state index >= 15 is 0 Å². The van der Waals surface area contributed by atoms with Gasteiger partial charge in [-0.1, -0.05) is 30.3 Å². The van der Waals surface area contributed by atoms with Gasteiger partial charge in [0.2, 0.25) is 0 Å². The van der Waals surface area contributed by atoms with Crippen molar-refractivity contribution in [3.8, 4) is 0 Å². The van der Waals surface area contributed by atoms with Gasteiger partial charge in [-0.15, -0.1) is 0 Å². The summed E-state index contributed by atoms with van der Waals surface area (Å²) in [6.45, 7) is 2.10. The highest BCUT2D eigenvalue weighted by atomic mass is 16.2. The van der Waals surface area contributed by atoms with Gasteiger partial charge < -0.3 is 4.90 Å². The fourth-order valence-corrected chi connectivity index (χ4v) is 1.76. The Kier molecular flexibility index (Phi) is 2.87. The molecule has 1 aliphatic heterocycles. The van der Waals surface area contributed by atoms with Crippen LogP contribution < -0.4 is 5.84 Å². The van der Waals surface area contributed by atoms with Gasteiger partial charge in [0.1, 0.15) is 0 Å². The molecule has 2 N–H and O–H groups in total. The Hall–Kier alpha value is -1.55. The molecule has 1 heterocycles. The number of hydrogen-bond donors (Lipinski definition) is 1. The number of carbonyl (C=O) groups excluding carboxylic acids is 1. The van der Waals surface area contributed by atoms with E-state index in [9.17, 15) is 4.79 Å². The summed E-state index contributed by atoms with van der Waals surface area (Å²) in [6, 6.07) is 9.88. The molecule has 1 aromatic carbocycles. The molecule has 0 radical (unpaired) electrons. The Bertz CT molecular complexity index is 339. The van der Waals surface area contributed by atoms with Gasteiger partial charge in [-0.2, -0.15) is 0 Å². The summed E-state index contributed by atoms with van der Waals surface area (Å²) in [5.41, 5.74) is 1.14. The average molecular weight is 205 g/mol. The third-order valence-corrected chi connectivity index (χ3v) is 2.56. The van der Waals surface area contributed by atoms with Gasteiger partial charge in [0.05, 0.1) is 0 Å². The number of carbonyl (C=O) groups is 1. The van der Waals surface area contributed by atoms with Crippen LogP contribution in [0.3, 0.4) is 0 Å². The topological polar surface area (TPSA) is 49.6 Å². The predicted octanol–water partition coefficient (Wildman–Crippen LogP) is 1.19. The van der Waals surface area contributed by atoms with Crippen molar-refractivity contribution < 1.29 is 4.79 Å². The Morgan fingerprint density at radius 3 is 2.67 bits per heavy atom. The summed E-state index contributed by atoms with van der Waals surface area (Å²) >= 11 is 0. The third kappa shape index (κ3) is 2.27. The number of rotatable bonds is 2. The van der Waals surface area contributed by atoms with Crippen molar-refractivity contribution >= 4 is 6.03 Å². The van der Waals surface area contributed by atoms with Crippen molar-refractivity contribution in [3.05, 3.63) is 35.9 Å². The van der Waals surface area contributed by atoms with Crippen LogP contribution >= 0.6 is 0 Å². The van der Waals surface area contributed by atoms with Crippen LogP contribution in [0, 0.1) is 0 Å². The zero-order chi connectivity index (χ0) is 10.7. The Balaban J connectivity index is 2.03. The molecular formula is C11H15N3O. The van der Waals surface area contributed by atoms with E-state index in [0.29, 0.717) is 13.1 Å². The molecule has 15 heavy (non-hydrogen) atoms. The Morgan fingerprint density at radius 1 is 1.20 bits per heavy atom. The fraction of sp³-hybridized carbons (Fsp3) is 0.364. The Labute approximate surface area is 89.2 Å². The Morgan fingerprint density at radius 2 is 1.93 bits per heavy atom. The first kappa shape index (κ1) is 9.98. The lowest BCUT2D eigenvalue weighted by Gasteiger charge is -2.32. The molecule has 4 nitrogen and oxygen atoms in total. The summed E-state index contributed by atoms with van der Waals surface area (Å²) in [6.07, 6.45) is 0.940. The van der Waals surface area contributed by atoms with E-state index in [1.807, 2.05) is 30.3 Å². The van der Waals surface area contributed by atoms with Crippen LogP contribution in [0.15, 0.2) is 30.3 Å². The van der Waals surface area contributed by atoms with Gasteiger partial charge in [0.25, 0.3) is 0 Å². The number of hydrazine groups is 1. The molecule has 1 aromatic rings. The molecule has 0 unspecified atom stereocenters. The van der Waals surface area contributed by atoms with Crippen LogP contribution in [-0.2, 0) is 6.54 Å². The van der Waals surface area contributed by atoms with Crippen LogP contribution in [0.2, 0.25) is 0 Å². The van der Waals surface area contributed by atoms with Gasteiger partial charge in [-0.3, -0.25) is 5.01 Å². The van der Waals surface area contributed by atoms with Crippen molar-refractivity contribution in [2.24, 2.45) is 5.84 Å². The summed E-state index contributed by atoms with van der Waals surface area (Å²) in [5.74, 6) is 5.56. The zero-order valence-corrected chi connectivity index (χ0v) is 8.60. The second kappa shape index (κ2) is 4.31. The van der Waals surface area contributed by atoms with Crippen LogP contribution in [-0.4, -0.2) is 29.0 Å². The summed E-state index contributed by atoms with van der Waals surface area (Å²) in [7, 11) is 0. The summed E-state index contributed by atoms with van der Waals surface area (Å²) < 4.78 is 0. The molecule has 1 saturated heterocycles. The predicted molar refractivity (Wildman–Crippen MR) is 57.8 cm³/mol.